The molecule has 0 amide bonds. The summed E-state index contributed by atoms with van der Waals surface area (Å²) in [5.74, 6) is 0.547. The van der Waals surface area contributed by atoms with Gasteiger partial charge in [0.25, 0.3) is 0 Å². The van der Waals surface area contributed by atoms with Gasteiger partial charge in [-0.3, -0.25) is 4.99 Å². The van der Waals surface area contributed by atoms with Crippen molar-refractivity contribution in [2.45, 2.75) is 19.9 Å². The molecule has 0 saturated carbocycles. The number of benzene rings is 3. The number of rotatable bonds is 4. The molecule has 1 atom stereocenters. The number of phenols is 1. The monoisotopic (exact) mass is 337 g/mol. The van der Waals surface area contributed by atoms with Crippen LogP contribution in [0, 0.1) is 5.92 Å². The quantitative estimate of drug-likeness (QED) is 0.580. The molecule has 1 N–H and O–H groups in total. The molecule has 0 aliphatic rings. The van der Waals surface area contributed by atoms with Crippen LogP contribution < -0.4 is 0 Å². The maximum absolute atomic E-state index is 10.5. The Morgan fingerprint density at radius 1 is 0.958 bits per heavy atom. The zero-order valence-corrected chi connectivity index (χ0v) is 14.5. The topological polar surface area (TPSA) is 32.6 Å². The largest absolute Gasteiger partial charge is 0.508 e. The number of aliphatic imine (C=N–C) groups is 1. The Kier molecular flexibility index (Phi) is 4.86. The fourth-order valence-electron chi connectivity index (χ4n) is 2.89. The second kappa shape index (κ2) is 7.06. The van der Waals surface area contributed by atoms with Crippen LogP contribution >= 0.6 is 11.6 Å². The molecule has 0 aromatic heterocycles. The summed E-state index contributed by atoms with van der Waals surface area (Å²) in [6.07, 6.45) is 1.85. The second-order valence-corrected chi connectivity index (χ2v) is 6.67. The molecule has 0 aliphatic heterocycles. The van der Waals surface area contributed by atoms with Gasteiger partial charge in [-0.1, -0.05) is 67.9 Å². The predicted molar refractivity (Wildman–Crippen MR) is 102 cm³/mol. The van der Waals surface area contributed by atoms with E-state index in [1.165, 1.54) is 0 Å². The molecule has 3 aromatic carbocycles. The third-order valence-corrected chi connectivity index (χ3v) is 4.38. The van der Waals surface area contributed by atoms with Crippen LogP contribution in [-0.2, 0) is 0 Å². The summed E-state index contributed by atoms with van der Waals surface area (Å²) in [5.41, 5.74) is 1.87. The first-order chi connectivity index (χ1) is 11.6. The van der Waals surface area contributed by atoms with Crippen molar-refractivity contribution < 1.29 is 5.11 Å². The lowest BCUT2D eigenvalue weighted by Crippen LogP contribution is -2.06. The van der Waals surface area contributed by atoms with Crippen LogP contribution in [0.25, 0.3) is 10.8 Å². The molecule has 0 radical (unpaired) electrons. The molecule has 0 bridgehead atoms. The van der Waals surface area contributed by atoms with Gasteiger partial charge >= 0.3 is 0 Å². The van der Waals surface area contributed by atoms with Crippen LogP contribution in [-0.4, -0.2) is 11.3 Å². The van der Waals surface area contributed by atoms with Gasteiger partial charge in [0.1, 0.15) is 5.75 Å². The van der Waals surface area contributed by atoms with Crippen LogP contribution in [0.3, 0.4) is 0 Å². The van der Waals surface area contributed by atoms with Gasteiger partial charge in [0.15, 0.2) is 0 Å². The molecule has 3 rings (SSSR count). The molecular weight excluding hydrogens is 318 g/mol. The summed E-state index contributed by atoms with van der Waals surface area (Å²) < 4.78 is 0. The van der Waals surface area contributed by atoms with Gasteiger partial charge in [0.05, 0.1) is 6.04 Å². The van der Waals surface area contributed by atoms with E-state index in [1.54, 1.807) is 6.07 Å². The molecule has 1 unspecified atom stereocenters. The fourth-order valence-corrected chi connectivity index (χ4v) is 3.02. The third kappa shape index (κ3) is 3.44. The maximum atomic E-state index is 10.5. The molecular formula is C21H20ClNO. The van der Waals surface area contributed by atoms with E-state index >= 15 is 0 Å². The van der Waals surface area contributed by atoms with E-state index < -0.39 is 0 Å². The van der Waals surface area contributed by atoms with Gasteiger partial charge < -0.3 is 5.11 Å². The highest BCUT2D eigenvalue weighted by molar-refractivity contribution is 6.30. The second-order valence-electron chi connectivity index (χ2n) is 6.24. The third-order valence-electron chi connectivity index (χ3n) is 4.13. The summed E-state index contributed by atoms with van der Waals surface area (Å²) in [5, 5.41) is 13.3. The van der Waals surface area contributed by atoms with E-state index in [9.17, 15) is 5.11 Å². The van der Waals surface area contributed by atoms with Crippen LogP contribution in [0.1, 0.15) is 31.0 Å². The summed E-state index contributed by atoms with van der Waals surface area (Å²) in [4.78, 5) is 4.78. The van der Waals surface area contributed by atoms with Gasteiger partial charge in [0, 0.05) is 16.8 Å². The fraction of sp³-hybridized carbons (Fsp3) is 0.190. The number of phenolic OH excluding ortho intramolecular Hbond substituents is 1. The maximum Gasteiger partial charge on any atom is 0.121 e. The Morgan fingerprint density at radius 3 is 2.38 bits per heavy atom. The Morgan fingerprint density at radius 2 is 1.67 bits per heavy atom. The predicted octanol–water partition coefficient (Wildman–Crippen LogP) is 6.02. The van der Waals surface area contributed by atoms with Gasteiger partial charge in [0.2, 0.25) is 0 Å². The summed E-state index contributed by atoms with van der Waals surface area (Å²) >= 11 is 5.93. The Hall–Kier alpha value is -2.32. The van der Waals surface area contributed by atoms with Crippen molar-refractivity contribution in [1.29, 1.82) is 0 Å². The van der Waals surface area contributed by atoms with Crippen LogP contribution in [0.2, 0.25) is 5.02 Å². The number of hydrogen-bond acceptors (Lipinski definition) is 2. The summed E-state index contributed by atoms with van der Waals surface area (Å²) in [7, 11) is 0. The lowest BCUT2D eigenvalue weighted by molar-refractivity contribution is 0.444. The van der Waals surface area contributed by atoms with Crippen molar-refractivity contribution >= 4 is 28.6 Å². The zero-order chi connectivity index (χ0) is 17.1. The molecule has 3 heteroatoms. The average molecular weight is 338 g/mol. The normalized spacial score (nSPS) is 13.0. The molecule has 0 fully saturated rings. The lowest BCUT2D eigenvalue weighted by Gasteiger charge is -2.20. The minimum atomic E-state index is -0.119. The Labute approximate surface area is 147 Å². The number of hydrogen-bond donors (Lipinski definition) is 1. The number of halogens is 1. The van der Waals surface area contributed by atoms with Crippen molar-refractivity contribution in [2.75, 3.05) is 0 Å². The first kappa shape index (κ1) is 16.5. The van der Waals surface area contributed by atoms with Crippen molar-refractivity contribution in [3.8, 4) is 5.75 Å². The molecule has 122 valence electrons. The van der Waals surface area contributed by atoms with E-state index in [0.29, 0.717) is 10.8 Å². The highest BCUT2D eigenvalue weighted by Gasteiger charge is 2.20. The highest BCUT2D eigenvalue weighted by atomic mass is 35.5. The molecule has 0 spiro atoms. The lowest BCUT2D eigenvalue weighted by atomic mass is 9.91. The first-order valence-electron chi connectivity index (χ1n) is 8.05. The molecule has 2 nitrogen and oxygen atoms in total. The van der Waals surface area contributed by atoms with Crippen LogP contribution in [0.4, 0.5) is 0 Å². The van der Waals surface area contributed by atoms with Crippen molar-refractivity contribution in [3.63, 3.8) is 0 Å². The molecule has 0 aliphatic carbocycles. The minimum Gasteiger partial charge on any atom is -0.508 e. The van der Waals surface area contributed by atoms with Crippen molar-refractivity contribution in [3.05, 3.63) is 76.8 Å². The number of nitrogens with zero attached hydrogens (tertiary/aromatic N) is 1. The van der Waals surface area contributed by atoms with Gasteiger partial charge in [-0.05, 0) is 40.5 Å². The Balaban J connectivity index is 2.06. The molecule has 3 aromatic rings. The summed E-state index contributed by atoms with van der Waals surface area (Å²) in [6, 6.07) is 19.2. The summed E-state index contributed by atoms with van der Waals surface area (Å²) in [6.45, 7) is 4.23. The highest BCUT2D eigenvalue weighted by Crippen LogP contribution is 2.38. The van der Waals surface area contributed by atoms with E-state index in [4.69, 9.17) is 16.6 Å². The van der Waals surface area contributed by atoms with Gasteiger partial charge in [-0.2, -0.15) is 0 Å². The SMILES string of the molecule is CC(C)C(N=Cc1ccc(Cl)cc1)c1c(O)ccc2ccccc12. The van der Waals surface area contributed by atoms with Crippen LogP contribution in [0.5, 0.6) is 5.75 Å². The van der Waals surface area contributed by atoms with E-state index in [2.05, 4.69) is 19.9 Å². The Bertz CT molecular complexity index is 869. The molecule has 24 heavy (non-hydrogen) atoms. The standard InChI is InChI=1S/C21H20ClNO/c1-14(2)21(23-13-15-7-10-17(22)11-8-15)20-18-6-4-3-5-16(18)9-12-19(20)24/h3-14,21,24H,1-2H3. The van der Waals surface area contributed by atoms with E-state index in [1.807, 2.05) is 54.7 Å². The van der Waals surface area contributed by atoms with E-state index in [-0.39, 0.29) is 12.0 Å². The van der Waals surface area contributed by atoms with Crippen molar-refractivity contribution in [1.82, 2.24) is 0 Å². The zero-order valence-electron chi connectivity index (χ0n) is 13.8. The smallest absolute Gasteiger partial charge is 0.121 e. The van der Waals surface area contributed by atoms with Gasteiger partial charge in [-0.25, -0.2) is 0 Å². The number of fused-ring (bicyclic) bond motifs is 1. The first-order valence-corrected chi connectivity index (χ1v) is 8.43. The molecule has 0 saturated heterocycles. The number of aromatic hydroxyl groups is 1. The average Bonchev–Trinajstić information content (AvgIpc) is 2.58. The van der Waals surface area contributed by atoms with Crippen LogP contribution in [0.15, 0.2) is 65.7 Å². The van der Waals surface area contributed by atoms with E-state index in [0.717, 1.165) is 21.9 Å². The molecule has 0 heterocycles. The van der Waals surface area contributed by atoms with Crippen molar-refractivity contribution in [2.24, 2.45) is 10.9 Å². The van der Waals surface area contributed by atoms with Gasteiger partial charge in [-0.15, -0.1) is 0 Å². The minimum absolute atomic E-state index is 0.119.